The fourth-order valence-corrected chi connectivity index (χ4v) is 4.76. The maximum absolute atomic E-state index is 12.2. The van der Waals surface area contributed by atoms with Gasteiger partial charge in [0.15, 0.2) is 0 Å². The quantitative estimate of drug-likeness (QED) is 0.808. The molecule has 1 aliphatic heterocycles. The van der Waals surface area contributed by atoms with Crippen molar-refractivity contribution in [2.45, 2.75) is 58.4 Å². The average molecular weight is 331 g/mol. The molecule has 22 heavy (non-hydrogen) atoms. The van der Waals surface area contributed by atoms with Gasteiger partial charge in [0, 0.05) is 29.8 Å². The molecule has 1 aliphatic carbocycles. The number of hydrogen-bond acceptors (Lipinski definition) is 3. The molecule has 2 N–H and O–H groups in total. The summed E-state index contributed by atoms with van der Waals surface area (Å²) in [6.07, 6.45) is 2.89. The predicted octanol–water partition coefficient (Wildman–Crippen LogP) is 2.00. The standard InChI is InChI=1S/C14H25N3O4S/c1-13(2,3)16-22(20,21)15-11-5-4-6-14(11)7-9-17(10-8-14)12(18)19/h16H,4-10H2,1-3H3,(H,18,19). The largest absolute Gasteiger partial charge is 0.465 e. The molecule has 2 fully saturated rings. The lowest BCUT2D eigenvalue weighted by Crippen LogP contribution is -2.45. The van der Waals surface area contributed by atoms with Crippen LogP contribution < -0.4 is 4.72 Å². The second-order valence-electron chi connectivity index (χ2n) is 7.27. The van der Waals surface area contributed by atoms with Crippen LogP contribution in [0.25, 0.3) is 0 Å². The van der Waals surface area contributed by atoms with Gasteiger partial charge in [-0.2, -0.15) is 17.5 Å². The van der Waals surface area contributed by atoms with Crippen LogP contribution in [-0.2, 0) is 10.2 Å². The molecule has 1 spiro atoms. The van der Waals surface area contributed by atoms with Crippen molar-refractivity contribution < 1.29 is 18.3 Å². The molecule has 0 bridgehead atoms. The molecule has 2 aliphatic rings. The van der Waals surface area contributed by atoms with Crippen LogP contribution in [0, 0.1) is 5.41 Å². The van der Waals surface area contributed by atoms with Gasteiger partial charge in [0.2, 0.25) is 0 Å². The normalized spacial score (nSPS) is 24.1. The molecular formula is C14H25N3O4S. The van der Waals surface area contributed by atoms with Gasteiger partial charge in [0.05, 0.1) is 0 Å². The molecule has 0 atom stereocenters. The van der Waals surface area contributed by atoms with Gasteiger partial charge in [0.1, 0.15) is 0 Å². The lowest BCUT2D eigenvalue weighted by atomic mass is 9.76. The van der Waals surface area contributed by atoms with E-state index in [9.17, 15) is 13.2 Å². The van der Waals surface area contributed by atoms with Gasteiger partial charge in [-0.15, -0.1) is 0 Å². The van der Waals surface area contributed by atoms with Crippen LogP contribution in [0.2, 0.25) is 0 Å². The van der Waals surface area contributed by atoms with E-state index in [0.29, 0.717) is 38.1 Å². The second-order valence-corrected chi connectivity index (χ2v) is 8.61. The first-order valence-corrected chi connectivity index (χ1v) is 9.08. The van der Waals surface area contributed by atoms with E-state index < -0.39 is 21.8 Å². The Morgan fingerprint density at radius 2 is 1.86 bits per heavy atom. The van der Waals surface area contributed by atoms with Crippen molar-refractivity contribution in [1.29, 1.82) is 0 Å². The number of nitrogens with one attached hydrogen (secondary N) is 1. The second kappa shape index (κ2) is 5.81. The Balaban J connectivity index is 2.18. The summed E-state index contributed by atoms with van der Waals surface area (Å²) in [5.41, 5.74) is -0.0887. The highest BCUT2D eigenvalue weighted by atomic mass is 32.2. The number of likely N-dealkylation sites (tertiary alicyclic amines) is 1. The predicted molar refractivity (Wildman–Crippen MR) is 84.4 cm³/mol. The van der Waals surface area contributed by atoms with E-state index >= 15 is 0 Å². The zero-order chi connectivity index (χ0) is 16.6. The Morgan fingerprint density at radius 1 is 1.27 bits per heavy atom. The van der Waals surface area contributed by atoms with Crippen molar-refractivity contribution in [3.63, 3.8) is 0 Å². The Bertz CT molecular complexity index is 569. The number of amides is 1. The van der Waals surface area contributed by atoms with Gasteiger partial charge in [-0.25, -0.2) is 4.79 Å². The van der Waals surface area contributed by atoms with Crippen LogP contribution in [0.1, 0.15) is 52.9 Å². The average Bonchev–Trinajstić information content (AvgIpc) is 2.69. The Morgan fingerprint density at radius 3 is 2.36 bits per heavy atom. The summed E-state index contributed by atoms with van der Waals surface area (Å²) in [7, 11) is -3.72. The number of rotatable bonds is 2. The molecule has 1 saturated carbocycles. The minimum atomic E-state index is -3.72. The first-order chi connectivity index (χ1) is 10.0. The highest BCUT2D eigenvalue weighted by Gasteiger charge is 2.44. The number of carbonyl (C=O) groups is 1. The maximum atomic E-state index is 12.2. The smallest absolute Gasteiger partial charge is 0.407 e. The van der Waals surface area contributed by atoms with Crippen LogP contribution in [-0.4, -0.2) is 48.9 Å². The van der Waals surface area contributed by atoms with E-state index in [-0.39, 0.29) is 5.41 Å². The van der Waals surface area contributed by atoms with Gasteiger partial charge in [-0.1, -0.05) is 0 Å². The fraction of sp³-hybridized carbons (Fsp3) is 0.857. The molecule has 0 aromatic carbocycles. The number of piperidine rings is 1. The molecule has 0 aromatic heterocycles. The third-order valence-electron chi connectivity index (χ3n) is 4.34. The molecule has 0 aromatic rings. The van der Waals surface area contributed by atoms with Crippen molar-refractivity contribution in [1.82, 2.24) is 9.62 Å². The minimum absolute atomic E-state index is 0.238. The summed E-state index contributed by atoms with van der Waals surface area (Å²) >= 11 is 0. The molecule has 1 heterocycles. The summed E-state index contributed by atoms with van der Waals surface area (Å²) in [4.78, 5) is 12.4. The lowest BCUT2D eigenvalue weighted by Gasteiger charge is -2.38. The maximum Gasteiger partial charge on any atom is 0.407 e. The molecule has 1 amide bonds. The van der Waals surface area contributed by atoms with Gasteiger partial charge >= 0.3 is 16.3 Å². The lowest BCUT2D eigenvalue weighted by molar-refractivity contribution is 0.113. The highest BCUT2D eigenvalue weighted by Crippen LogP contribution is 2.44. The van der Waals surface area contributed by atoms with Crippen LogP contribution in [0.15, 0.2) is 4.40 Å². The molecular weight excluding hydrogens is 306 g/mol. The number of carboxylic acid groups (broad SMARTS) is 1. The minimum Gasteiger partial charge on any atom is -0.465 e. The zero-order valence-corrected chi connectivity index (χ0v) is 14.2. The van der Waals surface area contributed by atoms with Crippen molar-refractivity contribution in [2.24, 2.45) is 9.81 Å². The fourth-order valence-electron chi connectivity index (χ4n) is 3.37. The van der Waals surface area contributed by atoms with Gasteiger partial charge in [-0.3, -0.25) is 0 Å². The molecule has 126 valence electrons. The van der Waals surface area contributed by atoms with E-state index in [1.165, 1.54) is 4.90 Å². The zero-order valence-electron chi connectivity index (χ0n) is 13.4. The Hall–Kier alpha value is -1.15. The first kappa shape index (κ1) is 17.2. The molecule has 0 unspecified atom stereocenters. The van der Waals surface area contributed by atoms with Crippen molar-refractivity contribution in [3.8, 4) is 0 Å². The monoisotopic (exact) mass is 331 g/mol. The highest BCUT2D eigenvalue weighted by molar-refractivity contribution is 7.88. The third kappa shape index (κ3) is 3.98. The van der Waals surface area contributed by atoms with Crippen LogP contribution in [0.5, 0.6) is 0 Å². The van der Waals surface area contributed by atoms with Crippen LogP contribution in [0.4, 0.5) is 4.79 Å². The summed E-state index contributed by atoms with van der Waals surface area (Å²) < 4.78 is 31.0. The molecule has 8 heteroatoms. The van der Waals surface area contributed by atoms with Gasteiger partial charge < -0.3 is 10.0 Å². The number of nitrogens with zero attached hydrogens (tertiary/aromatic N) is 2. The van der Waals surface area contributed by atoms with Crippen molar-refractivity contribution in [3.05, 3.63) is 0 Å². The molecule has 2 rings (SSSR count). The van der Waals surface area contributed by atoms with E-state index in [2.05, 4.69) is 9.12 Å². The Kier molecular flexibility index (Phi) is 4.54. The van der Waals surface area contributed by atoms with E-state index in [1.807, 2.05) is 0 Å². The van der Waals surface area contributed by atoms with Crippen LogP contribution in [0.3, 0.4) is 0 Å². The SMILES string of the molecule is CC(C)(C)NS(=O)(=O)N=C1CCCC12CCN(C(=O)O)CC2. The summed E-state index contributed by atoms with van der Waals surface area (Å²) in [6.45, 7) is 6.23. The molecule has 7 nitrogen and oxygen atoms in total. The van der Waals surface area contributed by atoms with E-state index in [1.54, 1.807) is 20.8 Å². The van der Waals surface area contributed by atoms with Gasteiger partial charge in [-0.05, 0) is 52.9 Å². The summed E-state index contributed by atoms with van der Waals surface area (Å²) in [5, 5.41) is 9.04. The summed E-state index contributed by atoms with van der Waals surface area (Å²) in [5.74, 6) is 0. The van der Waals surface area contributed by atoms with E-state index in [4.69, 9.17) is 5.11 Å². The van der Waals surface area contributed by atoms with Crippen molar-refractivity contribution in [2.75, 3.05) is 13.1 Å². The number of hydrogen-bond donors (Lipinski definition) is 2. The first-order valence-electron chi connectivity index (χ1n) is 7.64. The Labute approximate surface area is 132 Å². The molecule has 0 radical (unpaired) electrons. The topological polar surface area (TPSA) is 99.1 Å². The third-order valence-corrected chi connectivity index (χ3v) is 5.67. The van der Waals surface area contributed by atoms with Crippen LogP contribution >= 0.6 is 0 Å². The van der Waals surface area contributed by atoms with Crippen molar-refractivity contribution >= 4 is 22.0 Å². The van der Waals surface area contributed by atoms with Gasteiger partial charge in [0.25, 0.3) is 0 Å². The van der Waals surface area contributed by atoms with E-state index in [0.717, 1.165) is 12.8 Å². The summed E-state index contributed by atoms with van der Waals surface area (Å²) in [6, 6.07) is 0. The molecule has 1 saturated heterocycles.